The number of aromatic amines is 1. The molecule has 2 N–H and O–H groups in total. The van der Waals surface area contributed by atoms with Crippen LogP contribution < -0.4 is 0 Å². The summed E-state index contributed by atoms with van der Waals surface area (Å²) in [4.78, 5) is 11.6. The summed E-state index contributed by atoms with van der Waals surface area (Å²) in [5.41, 5.74) is 1.47. The molecule has 1 atom stereocenters. The number of aliphatic carboxylic acids is 1. The highest BCUT2D eigenvalue weighted by molar-refractivity contribution is 7.71. The van der Waals surface area contributed by atoms with Crippen molar-refractivity contribution >= 4 is 29.1 Å². The van der Waals surface area contributed by atoms with Crippen LogP contribution in [0.4, 0.5) is 0 Å². The molecular formula is C16H17N3O2S. The second-order valence-corrected chi connectivity index (χ2v) is 4.76. The van der Waals surface area contributed by atoms with Gasteiger partial charge in [-0.15, -0.1) is 0 Å². The number of nitrogens with one attached hydrogen (secondary N) is 1. The minimum atomic E-state index is -0.949. The molecule has 114 valence electrons. The number of H-pyrrole nitrogens is 1. The molecular weight excluding hydrogens is 298 g/mol. The van der Waals surface area contributed by atoms with Crippen LogP contribution in [0.1, 0.15) is 25.5 Å². The number of carboxylic acids is 1. The molecule has 0 saturated heterocycles. The normalized spacial score (nSPS) is 11.5. The van der Waals surface area contributed by atoms with Crippen LogP contribution in [-0.4, -0.2) is 25.8 Å². The van der Waals surface area contributed by atoms with Gasteiger partial charge in [-0.25, -0.2) is 4.79 Å². The first kappa shape index (κ1) is 15.9. The molecule has 0 saturated carbocycles. The quantitative estimate of drug-likeness (QED) is 0.721. The predicted octanol–water partition coefficient (Wildman–Crippen LogP) is 3.79. The van der Waals surface area contributed by atoms with E-state index in [0.29, 0.717) is 10.2 Å². The second kappa shape index (κ2) is 7.00. The van der Waals surface area contributed by atoms with Crippen molar-refractivity contribution in [3.05, 3.63) is 59.0 Å². The average molecular weight is 315 g/mol. The van der Waals surface area contributed by atoms with Gasteiger partial charge in [0.1, 0.15) is 4.64 Å². The molecule has 0 fully saturated rings. The molecule has 3 rings (SSSR count). The molecule has 2 aromatic heterocycles. The number of fused-ring (bicyclic) bond motifs is 1. The fraction of sp³-hybridized carbons (Fsp3) is 0.188. The molecule has 0 bridgehead atoms. The first-order valence-electron chi connectivity index (χ1n) is 7.00. The van der Waals surface area contributed by atoms with E-state index >= 15 is 0 Å². The van der Waals surface area contributed by atoms with E-state index in [9.17, 15) is 9.90 Å². The lowest BCUT2D eigenvalue weighted by atomic mass is 10.1. The van der Waals surface area contributed by atoms with Crippen molar-refractivity contribution in [3.63, 3.8) is 0 Å². The summed E-state index contributed by atoms with van der Waals surface area (Å²) in [6.07, 6.45) is 3.28. The van der Waals surface area contributed by atoms with E-state index in [2.05, 4.69) is 10.2 Å². The topological polar surface area (TPSA) is 70.9 Å². The summed E-state index contributed by atoms with van der Waals surface area (Å²) in [6, 6.07) is 9.96. The van der Waals surface area contributed by atoms with Crippen molar-refractivity contribution in [1.29, 1.82) is 0 Å². The van der Waals surface area contributed by atoms with Crippen LogP contribution in [0.15, 0.2) is 48.8 Å². The van der Waals surface area contributed by atoms with Crippen molar-refractivity contribution in [2.45, 2.75) is 19.9 Å². The first-order valence-corrected chi connectivity index (χ1v) is 7.41. The molecule has 0 aliphatic carbocycles. The standard InChI is InChI=1S/C14H11N3O2S.C2H6/c18-14(19)12(9-4-2-1-3-5-9)17-7-6-11-10(13(17)20)8-15-16-11;1-2/h1-8,12H,(H,15,16)(H,18,19);1-2H3. The van der Waals surface area contributed by atoms with Crippen molar-refractivity contribution in [3.8, 4) is 0 Å². The molecule has 0 aliphatic heterocycles. The summed E-state index contributed by atoms with van der Waals surface area (Å²) in [5, 5.41) is 17.0. The van der Waals surface area contributed by atoms with Crippen LogP contribution >= 0.6 is 12.2 Å². The van der Waals surface area contributed by atoms with E-state index < -0.39 is 12.0 Å². The SMILES string of the molecule is CC.O=C(O)C(c1ccccc1)n1ccc2[nH]ncc2c1=S. The second-order valence-electron chi connectivity index (χ2n) is 4.38. The molecule has 2 heterocycles. The number of rotatable bonds is 3. The number of aromatic nitrogens is 3. The molecule has 0 spiro atoms. The summed E-state index contributed by atoms with van der Waals surface area (Å²) in [5.74, 6) is -0.949. The lowest BCUT2D eigenvalue weighted by Gasteiger charge is -2.17. The van der Waals surface area contributed by atoms with Crippen LogP contribution in [0.2, 0.25) is 0 Å². The van der Waals surface area contributed by atoms with Gasteiger partial charge in [0.2, 0.25) is 0 Å². The van der Waals surface area contributed by atoms with Gasteiger partial charge in [0.05, 0.1) is 17.1 Å². The van der Waals surface area contributed by atoms with Crippen molar-refractivity contribution in [2.75, 3.05) is 0 Å². The van der Waals surface area contributed by atoms with Crippen molar-refractivity contribution in [1.82, 2.24) is 14.8 Å². The fourth-order valence-corrected chi connectivity index (χ4v) is 2.54. The third kappa shape index (κ3) is 2.92. The zero-order valence-electron chi connectivity index (χ0n) is 12.4. The van der Waals surface area contributed by atoms with Crippen LogP contribution in [0, 0.1) is 4.64 Å². The minimum Gasteiger partial charge on any atom is -0.479 e. The van der Waals surface area contributed by atoms with Crippen LogP contribution in [-0.2, 0) is 4.79 Å². The smallest absolute Gasteiger partial charge is 0.331 e. The van der Waals surface area contributed by atoms with E-state index in [-0.39, 0.29) is 0 Å². The van der Waals surface area contributed by atoms with Gasteiger partial charge in [0.15, 0.2) is 6.04 Å². The number of pyridine rings is 1. The average Bonchev–Trinajstić information content (AvgIpc) is 3.02. The van der Waals surface area contributed by atoms with Crippen LogP contribution in [0.25, 0.3) is 10.9 Å². The van der Waals surface area contributed by atoms with Gasteiger partial charge in [-0.1, -0.05) is 56.4 Å². The third-order valence-corrected chi connectivity index (χ3v) is 3.59. The Morgan fingerprint density at radius 2 is 1.95 bits per heavy atom. The molecule has 3 aromatic rings. The Hall–Kier alpha value is -2.47. The van der Waals surface area contributed by atoms with E-state index in [1.165, 1.54) is 0 Å². The highest BCUT2D eigenvalue weighted by atomic mass is 32.1. The van der Waals surface area contributed by atoms with Gasteiger partial charge in [-0.3, -0.25) is 5.10 Å². The molecule has 22 heavy (non-hydrogen) atoms. The van der Waals surface area contributed by atoms with Gasteiger partial charge in [0, 0.05) is 6.20 Å². The first-order chi connectivity index (χ1) is 10.7. The maximum absolute atomic E-state index is 11.6. The Balaban J connectivity index is 0.000000847. The van der Waals surface area contributed by atoms with Gasteiger partial charge < -0.3 is 9.67 Å². The Bertz CT molecular complexity index is 824. The van der Waals surface area contributed by atoms with Crippen LogP contribution in [0.5, 0.6) is 0 Å². The number of nitrogens with zero attached hydrogens (tertiary/aromatic N) is 2. The number of hydrogen-bond acceptors (Lipinski definition) is 3. The molecule has 1 aromatic carbocycles. The van der Waals surface area contributed by atoms with E-state index in [1.54, 1.807) is 35.2 Å². The van der Waals surface area contributed by atoms with E-state index in [0.717, 1.165) is 10.9 Å². The third-order valence-electron chi connectivity index (χ3n) is 3.16. The Labute approximate surface area is 133 Å². The number of hydrogen-bond donors (Lipinski definition) is 2. The minimum absolute atomic E-state index is 0.451. The maximum atomic E-state index is 11.6. The molecule has 0 amide bonds. The largest absolute Gasteiger partial charge is 0.479 e. The molecule has 0 aliphatic rings. The van der Waals surface area contributed by atoms with Gasteiger partial charge in [-0.05, 0) is 11.6 Å². The fourth-order valence-electron chi connectivity index (χ4n) is 2.22. The van der Waals surface area contributed by atoms with Crippen molar-refractivity contribution in [2.24, 2.45) is 0 Å². The maximum Gasteiger partial charge on any atom is 0.331 e. The highest BCUT2D eigenvalue weighted by Crippen LogP contribution is 2.22. The summed E-state index contributed by atoms with van der Waals surface area (Å²) in [6.45, 7) is 4.00. The van der Waals surface area contributed by atoms with Gasteiger partial charge >= 0.3 is 5.97 Å². The summed E-state index contributed by atoms with van der Waals surface area (Å²) in [7, 11) is 0. The zero-order chi connectivity index (χ0) is 16.1. The van der Waals surface area contributed by atoms with E-state index in [1.807, 2.05) is 32.0 Å². The predicted molar refractivity (Wildman–Crippen MR) is 88.5 cm³/mol. The Morgan fingerprint density at radius 3 is 2.59 bits per heavy atom. The molecule has 0 radical (unpaired) electrons. The number of carbonyl (C=O) groups is 1. The zero-order valence-corrected chi connectivity index (χ0v) is 13.2. The van der Waals surface area contributed by atoms with Crippen LogP contribution in [0.3, 0.4) is 0 Å². The van der Waals surface area contributed by atoms with Crippen molar-refractivity contribution < 1.29 is 9.90 Å². The number of benzene rings is 1. The lowest BCUT2D eigenvalue weighted by Crippen LogP contribution is -2.20. The Morgan fingerprint density at radius 1 is 1.27 bits per heavy atom. The van der Waals surface area contributed by atoms with E-state index in [4.69, 9.17) is 12.2 Å². The Kier molecular flexibility index (Phi) is 5.06. The van der Waals surface area contributed by atoms with Gasteiger partial charge in [-0.2, -0.15) is 5.10 Å². The molecule has 5 nitrogen and oxygen atoms in total. The summed E-state index contributed by atoms with van der Waals surface area (Å²) < 4.78 is 2.03. The lowest BCUT2D eigenvalue weighted by molar-refractivity contribution is -0.139. The van der Waals surface area contributed by atoms with Gasteiger partial charge in [0.25, 0.3) is 0 Å². The monoisotopic (exact) mass is 315 g/mol. The molecule has 6 heteroatoms. The summed E-state index contributed by atoms with van der Waals surface area (Å²) >= 11 is 5.38. The highest BCUT2D eigenvalue weighted by Gasteiger charge is 2.22. The number of carboxylic acid groups (broad SMARTS) is 1. The molecule has 1 unspecified atom stereocenters.